The normalized spacial score (nSPS) is 28.4. The summed E-state index contributed by atoms with van der Waals surface area (Å²) in [6, 6.07) is 4.45. The Hall–Kier alpha value is -2.48. The molecule has 1 saturated carbocycles. The minimum atomic E-state index is -4.47. The van der Waals surface area contributed by atoms with Crippen molar-refractivity contribution >= 4 is 5.97 Å². The van der Waals surface area contributed by atoms with Crippen molar-refractivity contribution in [1.29, 1.82) is 0 Å². The number of alkyl halides is 3. The van der Waals surface area contributed by atoms with Crippen molar-refractivity contribution in [2.75, 3.05) is 6.61 Å². The SMILES string of the molecule is O=C1C[C@@H]2[C@@H](/C=C/C(=C\O)COc3cccc(C(F)(F)F)c3)[C@H](O)C[C@@H]2O1. The van der Waals surface area contributed by atoms with E-state index in [1.807, 2.05) is 0 Å². The van der Waals surface area contributed by atoms with Gasteiger partial charge in [0.05, 0.1) is 24.4 Å². The van der Waals surface area contributed by atoms with Gasteiger partial charge in [0.15, 0.2) is 0 Å². The zero-order valence-electron chi connectivity index (χ0n) is 14.2. The maximum atomic E-state index is 12.7. The first-order valence-corrected chi connectivity index (χ1v) is 8.47. The maximum Gasteiger partial charge on any atom is 0.416 e. The third-order valence-electron chi connectivity index (χ3n) is 4.84. The van der Waals surface area contributed by atoms with Gasteiger partial charge in [-0.05, 0) is 18.2 Å². The smallest absolute Gasteiger partial charge is 0.416 e. The van der Waals surface area contributed by atoms with Crippen LogP contribution in [0.2, 0.25) is 0 Å². The van der Waals surface area contributed by atoms with Crippen LogP contribution in [0.5, 0.6) is 5.75 Å². The molecule has 1 aliphatic heterocycles. The van der Waals surface area contributed by atoms with Crippen molar-refractivity contribution in [2.45, 2.75) is 31.2 Å². The van der Waals surface area contributed by atoms with E-state index in [0.717, 1.165) is 18.4 Å². The second-order valence-electron chi connectivity index (χ2n) is 6.65. The van der Waals surface area contributed by atoms with E-state index in [0.29, 0.717) is 12.0 Å². The zero-order valence-corrected chi connectivity index (χ0v) is 14.2. The van der Waals surface area contributed by atoms with Gasteiger partial charge in [0.2, 0.25) is 0 Å². The van der Waals surface area contributed by atoms with Gasteiger partial charge in [0, 0.05) is 23.8 Å². The topological polar surface area (TPSA) is 76.0 Å². The first kappa shape index (κ1) is 19.3. The molecule has 1 heterocycles. The Morgan fingerprint density at radius 1 is 1.37 bits per heavy atom. The van der Waals surface area contributed by atoms with E-state index in [1.54, 1.807) is 6.08 Å². The van der Waals surface area contributed by atoms with Crippen LogP contribution in [0.15, 0.2) is 48.3 Å². The summed E-state index contributed by atoms with van der Waals surface area (Å²) >= 11 is 0. The molecule has 1 aliphatic carbocycles. The summed E-state index contributed by atoms with van der Waals surface area (Å²) in [6.45, 7) is -0.152. The lowest BCUT2D eigenvalue weighted by Gasteiger charge is -2.15. The Morgan fingerprint density at radius 2 is 2.15 bits per heavy atom. The number of aliphatic hydroxyl groups is 2. The van der Waals surface area contributed by atoms with Crippen molar-refractivity contribution in [1.82, 2.24) is 0 Å². The predicted molar refractivity (Wildman–Crippen MR) is 88.9 cm³/mol. The number of benzene rings is 1. The second kappa shape index (κ2) is 7.64. The maximum absolute atomic E-state index is 12.7. The number of esters is 1. The monoisotopic (exact) mass is 384 g/mol. The van der Waals surface area contributed by atoms with Crippen LogP contribution in [0.4, 0.5) is 13.2 Å². The highest BCUT2D eigenvalue weighted by Gasteiger charge is 2.48. The van der Waals surface area contributed by atoms with Gasteiger partial charge in [0.1, 0.15) is 18.5 Å². The van der Waals surface area contributed by atoms with Crippen LogP contribution in [-0.4, -0.2) is 35.0 Å². The van der Waals surface area contributed by atoms with E-state index < -0.39 is 17.8 Å². The first-order chi connectivity index (χ1) is 12.8. The number of carbonyl (C=O) groups excluding carboxylic acids is 1. The molecule has 27 heavy (non-hydrogen) atoms. The molecule has 3 rings (SSSR count). The summed E-state index contributed by atoms with van der Waals surface area (Å²) < 4.78 is 48.6. The van der Waals surface area contributed by atoms with E-state index in [4.69, 9.17) is 9.47 Å². The lowest BCUT2D eigenvalue weighted by Crippen LogP contribution is -2.17. The second-order valence-corrected chi connectivity index (χ2v) is 6.65. The van der Waals surface area contributed by atoms with Gasteiger partial charge in [-0.3, -0.25) is 4.79 Å². The van der Waals surface area contributed by atoms with E-state index in [1.165, 1.54) is 18.2 Å². The number of hydrogen-bond acceptors (Lipinski definition) is 5. The van der Waals surface area contributed by atoms with Crippen molar-refractivity contribution in [2.24, 2.45) is 11.8 Å². The standard InChI is InChI=1S/C19H19F3O5/c20-19(21,22)12-2-1-3-13(6-12)26-10-11(9-23)4-5-14-15-7-18(25)27-17(15)8-16(14)24/h1-6,9,14-17,23-24H,7-8,10H2/b5-4+,11-9+/t14-,15-,16-,17+/m1/s1. The number of halogens is 3. The summed E-state index contributed by atoms with van der Waals surface area (Å²) in [7, 11) is 0. The Labute approximate surface area is 153 Å². The van der Waals surface area contributed by atoms with Gasteiger partial charge in [0.25, 0.3) is 0 Å². The van der Waals surface area contributed by atoms with E-state index in [2.05, 4.69) is 0 Å². The van der Waals surface area contributed by atoms with Gasteiger partial charge in [-0.25, -0.2) is 0 Å². The number of rotatable bonds is 5. The van der Waals surface area contributed by atoms with Gasteiger partial charge in [-0.1, -0.05) is 18.2 Å². The van der Waals surface area contributed by atoms with E-state index >= 15 is 0 Å². The third-order valence-corrected chi connectivity index (χ3v) is 4.84. The van der Waals surface area contributed by atoms with Gasteiger partial charge >= 0.3 is 12.1 Å². The van der Waals surface area contributed by atoms with Crippen molar-refractivity contribution < 1.29 is 37.7 Å². The molecule has 0 amide bonds. The number of hydrogen-bond donors (Lipinski definition) is 2. The molecule has 8 heteroatoms. The molecule has 0 spiro atoms. The highest BCUT2D eigenvalue weighted by atomic mass is 19.4. The molecule has 0 unspecified atom stereocenters. The van der Waals surface area contributed by atoms with Crippen LogP contribution in [0.1, 0.15) is 18.4 Å². The Morgan fingerprint density at radius 3 is 2.85 bits per heavy atom. The largest absolute Gasteiger partial charge is 0.515 e. The molecule has 4 atom stereocenters. The lowest BCUT2D eigenvalue weighted by atomic mass is 9.91. The van der Waals surface area contributed by atoms with Crippen LogP contribution in [0.25, 0.3) is 0 Å². The average Bonchev–Trinajstić information content (AvgIpc) is 3.10. The minimum Gasteiger partial charge on any atom is -0.515 e. The van der Waals surface area contributed by atoms with Crippen LogP contribution in [0, 0.1) is 11.8 Å². The molecule has 0 bridgehead atoms. The molecular formula is C19H19F3O5. The summed E-state index contributed by atoms with van der Waals surface area (Å²) in [6.07, 6.45) is -0.829. The van der Waals surface area contributed by atoms with Crippen LogP contribution in [0.3, 0.4) is 0 Å². The van der Waals surface area contributed by atoms with Crippen LogP contribution < -0.4 is 4.74 Å². The molecule has 146 valence electrons. The highest BCUT2D eigenvalue weighted by Crippen LogP contribution is 2.42. The molecule has 2 aliphatic rings. The van der Waals surface area contributed by atoms with Gasteiger partial charge in [-0.15, -0.1) is 0 Å². The summed E-state index contributed by atoms with van der Waals surface area (Å²) in [5.41, 5.74) is -0.510. The number of aliphatic hydroxyl groups excluding tert-OH is 2. The quantitative estimate of drug-likeness (QED) is 0.462. The fraction of sp³-hybridized carbons (Fsp3) is 0.421. The molecule has 1 aromatic carbocycles. The van der Waals surface area contributed by atoms with E-state index in [9.17, 15) is 28.2 Å². The van der Waals surface area contributed by atoms with Crippen molar-refractivity contribution in [3.8, 4) is 5.75 Å². The van der Waals surface area contributed by atoms with Crippen molar-refractivity contribution in [3.05, 3.63) is 53.8 Å². The molecule has 1 aromatic rings. The highest BCUT2D eigenvalue weighted by molar-refractivity contribution is 5.72. The van der Waals surface area contributed by atoms with Gasteiger partial charge in [-0.2, -0.15) is 13.2 Å². The number of fused-ring (bicyclic) bond motifs is 1. The predicted octanol–water partition coefficient (Wildman–Crippen LogP) is 3.39. The molecular weight excluding hydrogens is 365 g/mol. The molecule has 2 N–H and O–H groups in total. The zero-order chi connectivity index (χ0) is 19.6. The third kappa shape index (κ3) is 4.44. The summed E-state index contributed by atoms with van der Waals surface area (Å²) in [5, 5.41) is 19.5. The number of ether oxygens (including phenoxy) is 2. The lowest BCUT2D eigenvalue weighted by molar-refractivity contribution is -0.142. The number of carbonyl (C=O) groups is 1. The molecule has 0 radical (unpaired) electrons. The van der Waals surface area contributed by atoms with Gasteiger partial charge < -0.3 is 19.7 Å². The van der Waals surface area contributed by atoms with Crippen LogP contribution in [-0.2, 0) is 15.7 Å². The fourth-order valence-electron chi connectivity index (χ4n) is 3.48. The molecule has 0 aromatic heterocycles. The van der Waals surface area contributed by atoms with Crippen LogP contribution >= 0.6 is 0 Å². The first-order valence-electron chi connectivity index (χ1n) is 8.47. The molecule has 2 fully saturated rings. The Bertz CT molecular complexity index is 756. The molecule has 5 nitrogen and oxygen atoms in total. The molecule has 1 saturated heterocycles. The Balaban J connectivity index is 1.62. The average molecular weight is 384 g/mol. The summed E-state index contributed by atoms with van der Waals surface area (Å²) in [5.74, 6) is -0.688. The van der Waals surface area contributed by atoms with Crippen molar-refractivity contribution in [3.63, 3.8) is 0 Å². The Kier molecular flexibility index (Phi) is 5.46. The minimum absolute atomic E-state index is 0.0216. The fourth-order valence-corrected chi connectivity index (χ4v) is 3.48. The van der Waals surface area contributed by atoms with E-state index in [-0.39, 0.29) is 42.7 Å². The summed E-state index contributed by atoms with van der Waals surface area (Å²) in [4.78, 5) is 11.4.